The van der Waals surface area contributed by atoms with Crippen molar-refractivity contribution in [2.24, 2.45) is 0 Å². The number of aromatic carboxylic acids is 1. The van der Waals surface area contributed by atoms with Crippen molar-refractivity contribution in [1.82, 2.24) is 14.5 Å². The van der Waals surface area contributed by atoms with Crippen LogP contribution in [0.15, 0.2) is 55.1 Å². The average Bonchev–Trinajstić information content (AvgIpc) is 3.05. The number of nitrogens with one attached hydrogen (secondary N) is 1. The van der Waals surface area contributed by atoms with Crippen molar-refractivity contribution in [3.8, 4) is 5.69 Å². The summed E-state index contributed by atoms with van der Waals surface area (Å²) < 4.78 is 1.79. The smallest absolute Gasteiger partial charge is 0.335 e. The van der Waals surface area contributed by atoms with Crippen LogP contribution in [0.4, 0.5) is 5.82 Å². The van der Waals surface area contributed by atoms with Crippen LogP contribution in [0.3, 0.4) is 0 Å². The number of nitrogens with zero attached hydrogens (tertiary/aromatic N) is 3. The molecule has 2 N–H and O–H groups in total. The largest absolute Gasteiger partial charge is 0.478 e. The zero-order valence-electron chi connectivity index (χ0n) is 13.1. The zero-order chi connectivity index (χ0) is 17.4. The van der Waals surface area contributed by atoms with Gasteiger partial charge in [-0.1, -0.05) is 12.1 Å². The second-order valence-corrected chi connectivity index (χ2v) is 5.79. The standard InChI is InChI=1S/C18H14N4O3/c23-15-8-14(11-3-5-12(6-4-11)18(24)25)16-17(21-15)22(10-20-16)13-2-1-7-19-9-13/h1-7,9-10,14H,8H2,(H,21,23)(H,24,25). The van der Waals surface area contributed by atoms with Crippen molar-refractivity contribution in [3.63, 3.8) is 0 Å². The maximum absolute atomic E-state index is 12.2. The van der Waals surface area contributed by atoms with Gasteiger partial charge in [0.15, 0.2) is 0 Å². The SMILES string of the molecule is O=C1CC(c2ccc(C(=O)O)cc2)c2ncn(-c3cccnc3)c2N1. The maximum Gasteiger partial charge on any atom is 0.335 e. The summed E-state index contributed by atoms with van der Waals surface area (Å²) >= 11 is 0. The maximum atomic E-state index is 12.2. The number of aromatic nitrogens is 3. The highest BCUT2D eigenvalue weighted by molar-refractivity contribution is 5.94. The number of amides is 1. The average molecular weight is 334 g/mol. The second kappa shape index (κ2) is 5.86. The summed E-state index contributed by atoms with van der Waals surface area (Å²) in [6.07, 6.45) is 5.30. The number of carboxylic acid groups (broad SMARTS) is 1. The first-order chi connectivity index (χ1) is 12.1. The lowest BCUT2D eigenvalue weighted by Gasteiger charge is -2.23. The molecular weight excluding hydrogens is 320 g/mol. The number of pyridine rings is 1. The molecular formula is C18H14N4O3. The molecule has 0 fully saturated rings. The normalized spacial score (nSPS) is 16.2. The van der Waals surface area contributed by atoms with E-state index >= 15 is 0 Å². The Morgan fingerprint density at radius 1 is 1.24 bits per heavy atom. The summed E-state index contributed by atoms with van der Waals surface area (Å²) in [4.78, 5) is 31.8. The fourth-order valence-electron chi connectivity index (χ4n) is 3.03. The summed E-state index contributed by atoms with van der Waals surface area (Å²) in [6, 6.07) is 10.3. The van der Waals surface area contributed by atoms with Crippen molar-refractivity contribution < 1.29 is 14.7 Å². The molecule has 1 amide bonds. The van der Waals surface area contributed by atoms with E-state index in [1.165, 1.54) is 0 Å². The number of imidazole rings is 1. The van der Waals surface area contributed by atoms with Gasteiger partial charge in [-0.15, -0.1) is 0 Å². The van der Waals surface area contributed by atoms with Crippen LogP contribution >= 0.6 is 0 Å². The van der Waals surface area contributed by atoms with Crippen LogP contribution in [0.1, 0.15) is 34.0 Å². The van der Waals surface area contributed by atoms with E-state index in [0.717, 1.165) is 16.9 Å². The lowest BCUT2D eigenvalue weighted by atomic mass is 9.89. The van der Waals surface area contributed by atoms with Gasteiger partial charge in [0.1, 0.15) is 12.1 Å². The third-order valence-electron chi connectivity index (χ3n) is 4.26. The molecule has 0 bridgehead atoms. The van der Waals surface area contributed by atoms with Gasteiger partial charge in [0, 0.05) is 18.5 Å². The van der Waals surface area contributed by atoms with E-state index in [1.807, 2.05) is 12.1 Å². The van der Waals surface area contributed by atoms with Crippen LogP contribution in [0.5, 0.6) is 0 Å². The Balaban J connectivity index is 1.77. The van der Waals surface area contributed by atoms with E-state index in [0.29, 0.717) is 5.82 Å². The van der Waals surface area contributed by atoms with Gasteiger partial charge in [0.25, 0.3) is 0 Å². The Morgan fingerprint density at radius 2 is 2.04 bits per heavy atom. The fourth-order valence-corrected chi connectivity index (χ4v) is 3.03. The van der Waals surface area contributed by atoms with Crippen LogP contribution in [0.2, 0.25) is 0 Å². The molecule has 124 valence electrons. The van der Waals surface area contributed by atoms with E-state index in [2.05, 4.69) is 15.3 Å². The highest BCUT2D eigenvalue weighted by Crippen LogP contribution is 2.37. The number of benzene rings is 1. The molecule has 1 atom stereocenters. The first-order valence-electron chi connectivity index (χ1n) is 7.74. The molecule has 0 aliphatic carbocycles. The molecule has 0 saturated heterocycles. The topological polar surface area (TPSA) is 97.1 Å². The Morgan fingerprint density at radius 3 is 2.72 bits per heavy atom. The predicted octanol–water partition coefficient (Wildman–Crippen LogP) is 2.44. The van der Waals surface area contributed by atoms with Crippen molar-refractivity contribution in [2.75, 3.05) is 5.32 Å². The lowest BCUT2D eigenvalue weighted by Crippen LogP contribution is -2.25. The summed E-state index contributed by atoms with van der Waals surface area (Å²) in [7, 11) is 0. The highest BCUT2D eigenvalue weighted by Gasteiger charge is 2.31. The van der Waals surface area contributed by atoms with Gasteiger partial charge in [0.2, 0.25) is 5.91 Å². The van der Waals surface area contributed by atoms with Gasteiger partial charge in [-0.05, 0) is 29.8 Å². The molecule has 2 aromatic heterocycles. The van der Waals surface area contributed by atoms with Crippen LogP contribution in [0, 0.1) is 0 Å². The van der Waals surface area contributed by atoms with Gasteiger partial charge in [-0.3, -0.25) is 14.3 Å². The number of carbonyl (C=O) groups is 2. The second-order valence-electron chi connectivity index (χ2n) is 5.79. The Hall–Kier alpha value is -3.48. The van der Waals surface area contributed by atoms with Gasteiger partial charge in [-0.25, -0.2) is 9.78 Å². The lowest BCUT2D eigenvalue weighted by molar-refractivity contribution is -0.116. The molecule has 1 aliphatic heterocycles. The van der Waals surface area contributed by atoms with E-state index in [1.54, 1.807) is 47.6 Å². The molecule has 0 radical (unpaired) electrons. The summed E-state index contributed by atoms with van der Waals surface area (Å²) in [5.41, 5.74) is 2.63. The first kappa shape index (κ1) is 15.1. The van der Waals surface area contributed by atoms with Crippen molar-refractivity contribution in [3.05, 3.63) is 71.9 Å². The number of anilines is 1. The highest BCUT2D eigenvalue weighted by atomic mass is 16.4. The van der Waals surface area contributed by atoms with Crippen LogP contribution < -0.4 is 5.32 Å². The number of rotatable bonds is 3. The van der Waals surface area contributed by atoms with Gasteiger partial charge in [-0.2, -0.15) is 0 Å². The quantitative estimate of drug-likeness (QED) is 0.767. The van der Waals surface area contributed by atoms with E-state index in [-0.39, 0.29) is 23.8 Å². The molecule has 1 aromatic carbocycles. The third-order valence-corrected chi connectivity index (χ3v) is 4.26. The molecule has 4 rings (SSSR count). The molecule has 3 aromatic rings. The Kier molecular flexibility index (Phi) is 3.53. The van der Waals surface area contributed by atoms with Gasteiger partial charge >= 0.3 is 5.97 Å². The van der Waals surface area contributed by atoms with Crippen LogP contribution in [-0.4, -0.2) is 31.5 Å². The monoisotopic (exact) mass is 334 g/mol. The molecule has 25 heavy (non-hydrogen) atoms. The van der Waals surface area contributed by atoms with E-state index in [4.69, 9.17) is 5.11 Å². The molecule has 7 nitrogen and oxygen atoms in total. The van der Waals surface area contributed by atoms with Crippen molar-refractivity contribution in [2.45, 2.75) is 12.3 Å². The Bertz CT molecular complexity index is 948. The summed E-state index contributed by atoms with van der Waals surface area (Å²) in [5, 5.41) is 11.9. The molecule has 0 saturated carbocycles. The van der Waals surface area contributed by atoms with E-state index in [9.17, 15) is 9.59 Å². The number of hydrogen-bond acceptors (Lipinski definition) is 4. The predicted molar refractivity (Wildman–Crippen MR) is 89.9 cm³/mol. The van der Waals surface area contributed by atoms with Crippen molar-refractivity contribution in [1.29, 1.82) is 0 Å². The van der Waals surface area contributed by atoms with Crippen LogP contribution in [0.25, 0.3) is 5.69 Å². The molecule has 0 spiro atoms. The first-order valence-corrected chi connectivity index (χ1v) is 7.74. The van der Waals surface area contributed by atoms with E-state index < -0.39 is 5.97 Å². The minimum absolute atomic E-state index is 0.106. The number of fused-ring (bicyclic) bond motifs is 1. The molecule has 7 heteroatoms. The number of carboxylic acids is 1. The molecule has 1 unspecified atom stereocenters. The summed E-state index contributed by atoms with van der Waals surface area (Å²) in [5.74, 6) is -0.680. The molecule has 1 aliphatic rings. The van der Waals surface area contributed by atoms with Gasteiger partial charge in [0.05, 0.1) is 23.1 Å². The Labute approximate surface area is 143 Å². The number of carbonyl (C=O) groups excluding carboxylic acids is 1. The minimum atomic E-state index is -0.977. The zero-order valence-corrected chi connectivity index (χ0v) is 13.1. The third kappa shape index (κ3) is 2.65. The summed E-state index contributed by atoms with van der Waals surface area (Å²) in [6.45, 7) is 0. The fraction of sp³-hybridized carbons (Fsp3) is 0.111. The molecule has 3 heterocycles. The minimum Gasteiger partial charge on any atom is -0.478 e. The number of hydrogen-bond donors (Lipinski definition) is 2. The van der Waals surface area contributed by atoms with Crippen molar-refractivity contribution >= 4 is 17.7 Å². The van der Waals surface area contributed by atoms with Crippen LogP contribution in [-0.2, 0) is 4.79 Å². The van der Waals surface area contributed by atoms with Gasteiger partial charge < -0.3 is 10.4 Å².